The highest BCUT2D eigenvalue weighted by Crippen LogP contribution is 2.28. The van der Waals surface area contributed by atoms with Gasteiger partial charge in [0.1, 0.15) is 6.26 Å². The Morgan fingerprint density at radius 1 is 1.04 bits per heavy atom. The minimum absolute atomic E-state index is 0.0589. The number of nitrogens with zero attached hydrogens (tertiary/aromatic N) is 1. The Hall–Kier alpha value is -2.30. The van der Waals surface area contributed by atoms with Gasteiger partial charge in [0.15, 0.2) is 5.69 Å². The second-order valence-electron chi connectivity index (χ2n) is 6.95. The van der Waals surface area contributed by atoms with Crippen LogP contribution in [0.4, 0.5) is 5.69 Å². The molecule has 0 saturated carbocycles. The fraction of sp³-hybridized carbons (Fsp3) is 0.200. The molecule has 0 unspecified atom stereocenters. The SMILES string of the molecule is CC(C)(C)c1ccc(NC(=O)c2coc(-c3ccc(Cl)c(Cl)c3)n2)cc1. The molecular formula is C20H18Cl2N2O2. The molecule has 3 rings (SSSR count). The predicted molar refractivity (Wildman–Crippen MR) is 105 cm³/mol. The maximum absolute atomic E-state index is 12.4. The van der Waals surface area contributed by atoms with E-state index in [1.54, 1.807) is 18.2 Å². The Morgan fingerprint density at radius 2 is 1.73 bits per heavy atom. The van der Waals surface area contributed by atoms with Gasteiger partial charge in [-0.15, -0.1) is 0 Å². The number of benzene rings is 2. The summed E-state index contributed by atoms with van der Waals surface area (Å²) in [4.78, 5) is 16.6. The maximum Gasteiger partial charge on any atom is 0.277 e. The summed E-state index contributed by atoms with van der Waals surface area (Å²) in [6.07, 6.45) is 1.32. The molecule has 4 nitrogen and oxygen atoms in total. The molecule has 3 aromatic rings. The standard InChI is InChI=1S/C20H18Cl2N2O2/c1-20(2,3)13-5-7-14(8-6-13)23-18(25)17-11-26-19(24-17)12-4-9-15(21)16(22)10-12/h4-11H,1-3H3,(H,23,25). The molecule has 0 aliphatic heterocycles. The maximum atomic E-state index is 12.4. The molecule has 26 heavy (non-hydrogen) atoms. The van der Waals surface area contributed by atoms with Gasteiger partial charge in [-0.1, -0.05) is 56.1 Å². The van der Waals surface area contributed by atoms with E-state index < -0.39 is 0 Å². The second-order valence-corrected chi connectivity index (χ2v) is 7.76. The highest BCUT2D eigenvalue weighted by atomic mass is 35.5. The average Bonchev–Trinajstić information content (AvgIpc) is 3.07. The van der Waals surface area contributed by atoms with Crippen molar-refractivity contribution in [1.82, 2.24) is 4.98 Å². The van der Waals surface area contributed by atoms with E-state index >= 15 is 0 Å². The number of halogens is 2. The van der Waals surface area contributed by atoms with Crippen LogP contribution in [0.25, 0.3) is 11.5 Å². The van der Waals surface area contributed by atoms with Gasteiger partial charge in [0.05, 0.1) is 10.0 Å². The minimum Gasteiger partial charge on any atom is -0.444 e. The first kappa shape index (κ1) is 18.5. The number of anilines is 1. The number of oxazole rings is 1. The third-order valence-electron chi connectivity index (χ3n) is 3.91. The molecular weight excluding hydrogens is 371 g/mol. The van der Waals surface area contributed by atoms with E-state index in [9.17, 15) is 4.79 Å². The monoisotopic (exact) mass is 388 g/mol. The Labute approximate surface area is 162 Å². The molecule has 0 radical (unpaired) electrons. The molecule has 0 aliphatic rings. The van der Waals surface area contributed by atoms with Crippen LogP contribution in [0.1, 0.15) is 36.8 Å². The topological polar surface area (TPSA) is 55.1 Å². The molecule has 2 aromatic carbocycles. The lowest BCUT2D eigenvalue weighted by Gasteiger charge is -2.19. The van der Waals surface area contributed by atoms with E-state index in [1.165, 1.54) is 11.8 Å². The summed E-state index contributed by atoms with van der Waals surface area (Å²) in [6.45, 7) is 6.42. The van der Waals surface area contributed by atoms with E-state index in [1.807, 2.05) is 24.3 Å². The van der Waals surface area contributed by atoms with Crippen LogP contribution in [0.5, 0.6) is 0 Å². The Bertz CT molecular complexity index is 941. The van der Waals surface area contributed by atoms with Crippen molar-refractivity contribution in [1.29, 1.82) is 0 Å². The minimum atomic E-state index is -0.344. The van der Waals surface area contributed by atoms with Gasteiger partial charge >= 0.3 is 0 Å². The summed E-state index contributed by atoms with van der Waals surface area (Å²) >= 11 is 11.9. The molecule has 0 saturated heterocycles. The predicted octanol–water partition coefficient (Wildman–Crippen LogP) is 6.20. The highest BCUT2D eigenvalue weighted by Gasteiger charge is 2.16. The summed E-state index contributed by atoms with van der Waals surface area (Å²) < 4.78 is 5.39. The summed E-state index contributed by atoms with van der Waals surface area (Å²) in [5.74, 6) is -0.0413. The van der Waals surface area contributed by atoms with Crippen LogP contribution in [0.15, 0.2) is 53.1 Å². The number of aromatic nitrogens is 1. The van der Waals surface area contributed by atoms with Crippen LogP contribution in [0.2, 0.25) is 10.0 Å². The first-order valence-electron chi connectivity index (χ1n) is 8.07. The lowest BCUT2D eigenvalue weighted by molar-refractivity contribution is 0.102. The fourth-order valence-electron chi connectivity index (χ4n) is 2.39. The number of carbonyl (C=O) groups excluding carboxylic acids is 1. The van der Waals surface area contributed by atoms with Gasteiger partial charge in [0.25, 0.3) is 5.91 Å². The zero-order valence-corrected chi connectivity index (χ0v) is 16.2. The smallest absolute Gasteiger partial charge is 0.277 e. The van der Waals surface area contributed by atoms with Crippen molar-refractivity contribution in [2.24, 2.45) is 0 Å². The van der Waals surface area contributed by atoms with Gasteiger partial charge in [0, 0.05) is 11.3 Å². The van der Waals surface area contributed by atoms with Crippen molar-refractivity contribution in [2.75, 3.05) is 5.32 Å². The van der Waals surface area contributed by atoms with Crippen molar-refractivity contribution in [3.63, 3.8) is 0 Å². The van der Waals surface area contributed by atoms with Gasteiger partial charge in [-0.25, -0.2) is 4.98 Å². The fourth-order valence-corrected chi connectivity index (χ4v) is 2.69. The van der Waals surface area contributed by atoms with E-state index in [2.05, 4.69) is 31.1 Å². The zero-order chi connectivity index (χ0) is 18.9. The van der Waals surface area contributed by atoms with E-state index in [0.717, 1.165) is 0 Å². The van der Waals surface area contributed by atoms with Gasteiger partial charge in [-0.3, -0.25) is 4.79 Å². The molecule has 1 amide bonds. The quantitative estimate of drug-likeness (QED) is 0.580. The lowest BCUT2D eigenvalue weighted by atomic mass is 9.87. The van der Waals surface area contributed by atoms with Crippen LogP contribution in [0, 0.1) is 0 Å². The first-order valence-corrected chi connectivity index (χ1v) is 8.82. The van der Waals surface area contributed by atoms with Gasteiger partial charge in [0.2, 0.25) is 5.89 Å². The number of amides is 1. The highest BCUT2D eigenvalue weighted by molar-refractivity contribution is 6.42. The van der Waals surface area contributed by atoms with E-state index in [4.69, 9.17) is 27.6 Å². The third kappa shape index (κ3) is 4.09. The molecule has 134 valence electrons. The van der Waals surface area contributed by atoms with Crippen molar-refractivity contribution < 1.29 is 9.21 Å². The number of rotatable bonds is 3. The number of hydrogen-bond donors (Lipinski definition) is 1. The number of hydrogen-bond acceptors (Lipinski definition) is 3. The van der Waals surface area contributed by atoms with E-state index in [-0.39, 0.29) is 17.0 Å². The van der Waals surface area contributed by atoms with Gasteiger partial charge in [-0.2, -0.15) is 0 Å². The van der Waals surface area contributed by atoms with Crippen LogP contribution in [0.3, 0.4) is 0 Å². The van der Waals surface area contributed by atoms with E-state index in [0.29, 0.717) is 27.2 Å². The molecule has 1 heterocycles. The summed E-state index contributed by atoms with van der Waals surface area (Å²) in [5, 5.41) is 3.65. The van der Waals surface area contributed by atoms with Crippen LogP contribution >= 0.6 is 23.2 Å². The molecule has 0 spiro atoms. The van der Waals surface area contributed by atoms with Crippen molar-refractivity contribution >= 4 is 34.8 Å². The average molecular weight is 389 g/mol. The summed E-state index contributed by atoms with van der Waals surface area (Å²) in [7, 11) is 0. The normalized spacial score (nSPS) is 11.4. The summed E-state index contributed by atoms with van der Waals surface area (Å²) in [5.41, 5.74) is 2.78. The van der Waals surface area contributed by atoms with Crippen molar-refractivity contribution in [2.45, 2.75) is 26.2 Å². The van der Waals surface area contributed by atoms with Crippen molar-refractivity contribution in [3.8, 4) is 11.5 Å². The Kier molecular flexibility index (Phi) is 5.08. The van der Waals surface area contributed by atoms with Crippen LogP contribution < -0.4 is 5.32 Å². The van der Waals surface area contributed by atoms with Gasteiger partial charge in [-0.05, 0) is 41.3 Å². The third-order valence-corrected chi connectivity index (χ3v) is 4.65. The molecule has 0 fully saturated rings. The molecule has 0 aliphatic carbocycles. The molecule has 0 bridgehead atoms. The number of carbonyl (C=O) groups is 1. The Balaban J connectivity index is 1.75. The summed E-state index contributed by atoms with van der Waals surface area (Å²) in [6, 6.07) is 12.8. The molecule has 1 N–H and O–H groups in total. The molecule has 6 heteroatoms. The van der Waals surface area contributed by atoms with Gasteiger partial charge < -0.3 is 9.73 Å². The number of nitrogens with one attached hydrogen (secondary N) is 1. The lowest BCUT2D eigenvalue weighted by Crippen LogP contribution is -2.14. The molecule has 0 atom stereocenters. The van der Waals surface area contributed by atoms with Crippen LogP contribution in [-0.2, 0) is 5.41 Å². The molecule has 1 aromatic heterocycles. The Morgan fingerprint density at radius 3 is 2.35 bits per heavy atom. The second kappa shape index (κ2) is 7.14. The first-order chi connectivity index (χ1) is 12.2. The van der Waals surface area contributed by atoms with Crippen LogP contribution in [-0.4, -0.2) is 10.9 Å². The van der Waals surface area contributed by atoms with Crippen molar-refractivity contribution in [3.05, 3.63) is 70.0 Å². The largest absolute Gasteiger partial charge is 0.444 e. The zero-order valence-electron chi connectivity index (χ0n) is 14.6.